The number of benzene rings is 1. The van der Waals surface area contributed by atoms with Crippen molar-refractivity contribution < 1.29 is 14.6 Å². The third kappa shape index (κ3) is 6.04. The number of nitrogens with one attached hydrogen (secondary N) is 2. The van der Waals surface area contributed by atoms with E-state index in [-0.39, 0.29) is 12.6 Å². The molecular formula is C16H26N2O3. The van der Waals surface area contributed by atoms with Gasteiger partial charge in [-0.15, -0.1) is 0 Å². The molecule has 0 aliphatic carbocycles. The Hall–Kier alpha value is -1.75. The van der Waals surface area contributed by atoms with Gasteiger partial charge in [-0.1, -0.05) is 32.8 Å². The zero-order valence-corrected chi connectivity index (χ0v) is 13.1. The van der Waals surface area contributed by atoms with Gasteiger partial charge in [-0.2, -0.15) is 0 Å². The molecule has 0 aliphatic heterocycles. The van der Waals surface area contributed by atoms with Gasteiger partial charge in [0.25, 0.3) is 0 Å². The number of rotatable bonds is 8. The van der Waals surface area contributed by atoms with Gasteiger partial charge in [-0.3, -0.25) is 0 Å². The topological polar surface area (TPSA) is 70.6 Å². The Bertz CT molecular complexity index is 443. The number of amides is 2. The molecule has 3 N–H and O–H groups in total. The maximum absolute atomic E-state index is 11.9. The van der Waals surface area contributed by atoms with Crippen LogP contribution in [0.5, 0.6) is 5.75 Å². The van der Waals surface area contributed by atoms with E-state index in [4.69, 9.17) is 4.74 Å². The Morgan fingerprint density at radius 1 is 1.29 bits per heavy atom. The minimum Gasteiger partial charge on any atom is -0.497 e. The highest BCUT2D eigenvalue weighted by Gasteiger charge is 2.25. The molecule has 0 fully saturated rings. The summed E-state index contributed by atoms with van der Waals surface area (Å²) in [5.41, 5.74) is -0.170. The van der Waals surface area contributed by atoms with E-state index in [9.17, 15) is 9.90 Å². The second kappa shape index (κ2) is 8.52. The standard InChI is InChI=1S/C16H26N2O3/c1-4-9-16(20,10-5-2)12-17-15(19)18-13-7-6-8-14(11-13)21-3/h6-8,11,20H,4-5,9-10,12H2,1-3H3,(H2,17,18,19). The SMILES string of the molecule is CCCC(O)(CCC)CNC(=O)Nc1cccc(OC)c1. The lowest BCUT2D eigenvalue weighted by atomic mass is 9.93. The number of carbonyl (C=O) groups is 1. The van der Waals surface area contributed by atoms with Crippen LogP contribution in [0.15, 0.2) is 24.3 Å². The highest BCUT2D eigenvalue weighted by atomic mass is 16.5. The van der Waals surface area contributed by atoms with Crippen molar-refractivity contribution in [2.75, 3.05) is 19.0 Å². The zero-order chi connectivity index (χ0) is 15.7. The van der Waals surface area contributed by atoms with Crippen molar-refractivity contribution in [2.24, 2.45) is 0 Å². The van der Waals surface area contributed by atoms with Gasteiger partial charge in [0.05, 0.1) is 12.7 Å². The molecule has 0 unspecified atom stereocenters. The third-order valence-electron chi connectivity index (χ3n) is 3.34. The van der Waals surface area contributed by atoms with Crippen LogP contribution in [0, 0.1) is 0 Å². The van der Waals surface area contributed by atoms with E-state index in [1.54, 1.807) is 25.3 Å². The van der Waals surface area contributed by atoms with E-state index >= 15 is 0 Å². The fourth-order valence-electron chi connectivity index (χ4n) is 2.35. The van der Waals surface area contributed by atoms with Crippen LogP contribution < -0.4 is 15.4 Å². The summed E-state index contributed by atoms with van der Waals surface area (Å²) in [4.78, 5) is 11.9. The highest BCUT2D eigenvalue weighted by Crippen LogP contribution is 2.19. The van der Waals surface area contributed by atoms with Gasteiger partial charge in [0, 0.05) is 18.3 Å². The molecule has 1 aromatic carbocycles. The average molecular weight is 294 g/mol. The van der Waals surface area contributed by atoms with E-state index in [0.29, 0.717) is 24.3 Å². The van der Waals surface area contributed by atoms with Gasteiger partial charge < -0.3 is 20.5 Å². The number of ether oxygens (including phenoxy) is 1. The molecule has 0 spiro atoms. The highest BCUT2D eigenvalue weighted by molar-refractivity contribution is 5.89. The van der Waals surface area contributed by atoms with E-state index in [2.05, 4.69) is 10.6 Å². The number of carbonyl (C=O) groups excluding carboxylic acids is 1. The molecule has 1 rings (SSSR count). The number of hydrogen-bond acceptors (Lipinski definition) is 3. The summed E-state index contributed by atoms with van der Waals surface area (Å²) < 4.78 is 5.10. The maximum atomic E-state index is 11.9. The normalized spacial score (nSPS) is 11.0. The molecule has 0 saturated carbocycles. The van der Waals surface area contributed by atoms with Crippen molar-refractivity contribution in [3.8, 4) is 5.75 Å². The van der Waals surface area contributed by atoms with Gasteiger partial charge in [0.2, 0.25) is 0 Å². The summed E-state index contributed by atoms with van der Waals surface area (Å²) in [5.74, 6) is 0.682. The van der Waals surface area contributed by atoms with E-state index in [1.807, 2.05) is 19.9 Å². The molecule has 5 nitrogen and oxygen atoms in total. The first-order valence-electron chi connectivity index (χ1n) is 7.44. The second-order valence-corrected chi connectivity index (χ2v) is 5.26. The van der Waals surface area contributed by atoms with Crippen LogP contribution in [0.2, 0.25) is 0 Å². The molecule has 0 aromatic heterocycles. The van der Waals surface area contributed by atoms with Crippen molar-refractivity contribution >= 4 is 11.7 Å². The molecule has 2 amide bonds. The number of hydrogen-bond donors (Lipinski definition) is 3. The molecule has 0 aliphatic rings. The largest absolute Gasteiger partial charge is 0.497 e. The molecule has 0 atom stereocenters. The minimum atomic E-state index is -0.824. The van der Waals surface area contributed by atoms with Crippen molar-refractivity contribution in [3.63, 3.8) is 0 Å². The molecule has 0 bridgehead atoms. The predicted molar refractivity (Wildman–Crippen MR) is 84.8 cm³/mol. The monoisotopic (exact) mass is 294 g/mol. The molecule has 0 heterocycles. The smallest absolute Gasteiger partial charge is 0.319 e. The van der Waals surface area contributed by atoms with Crippen LogP contribution >= 0.6 is 0 Å². The summed E-state index contributed by atoms with van der Waals surface area (Å²) in [7, 11) is 1.58. The van der Waals surface area contributed by atoms with Gasteiger partial charge in [-0.25, -0.2) is 4.79 Å². The lowest BCUT2D eigenvalue weighted by molar-refractivity contribution is 0.0245. The number of methoxy groups -OCH3 is 1. The Kier molecular flexibility index (Phi) is 7.02. The first kappa shape index (κ1) is 17.3. The van der Waals surface area contributed by atoms with Crippen LogP contribution in [0.1, 0.15) is 39.5 Å². The van der Waals surface area contributed by atoms with Crippen molar-refractivity contribution in [2.45, 2.75) is 45.1 Å². The molecule has 21 heavy (non-hydrogen) atoms. The van der Waals surface area contributed by atoms with E-state index in [0.717, 1.165) is 12.8 Å². The zero-order valence-electron chi connectivity index (χ0n) is 13.1. The minimum absolute atomic E-state index is 0.254. The van der Waals surface area contributed by atoms with Crippen LogP contribution in [0.3, 0.4) is 0 Å². The molecular weight excluding hydrogens is 268 g/mol. The first-order chi connectivity index (χ1) is 10.0. The van der Waals surface area contributed by atoms with Gasteiger partial charge in [0.1, 0.15) is 5.75 Å². The third-order valence-corrected chi connectivity index (χ3v) is 3.34. The Morgan fingerprint density at radius 3 is 2.52 bits per heavy atom. The molecule has 0 radical (unpaired) electrons. The summed E-state index contributed by atoms with van der Waals surface area (Å²) in [6.45, 7) is 4.30. The average Bonchev–Trinajstić information content (AvgIpc) is 2.46. The Balaban J connectivity index is 2.52. The maximum Gasteiger partial charge on any atom is 0.319 e. The second-order valence-electron chi connectivity index (χ2n) is 5.26. The van der Waals surface area contributed by atoms with Gasteiger partial charge in [0.15, 0.2) is 0 Å². The summed E-state index contributed by atoms with van der Waals surface area (Å²) >= 11 is 0. The van der Waals surface area contributed by atoms with E-state index < -0.39 is 5.60 Å². The molecule has 118 valence electrons. The summed E-state index contributed by atoms with van der Waals surface area (Å²) in [5, 5.41) is 15.9. The number of urea groups is 1. The van der Waals surface area contributed by atoms with Crippen molar-refractivity contribution in [3.05, 3.63) is 24.3 Å². The molecule has 5 heteroatoms. The summed E-state index contributed by atoms with van der Waals surface area (Å²) in [6.07, 6.45) is 3.13. The fourth-order valence-corrected chi connectivity index (χ4v) is 2.35. The van der Waals surface area contributed by atoms with Crippen molar-refractivity contribution in [1.29, 1.82) is 0 Å². The molecule has 0 saturated heterocycles. The van der Waals surface area contributed by atoms with Gasteiger partial charge >= 0.3 is 6.03 Å². The molecule has 1 aromatic rings. The first-order valence-corrected chi connectivity index (χ1v) is 7.44. The number of anilines is 1. The Morgan fingerprint density at radius 2 is 1.95 bits per heavy atom. The summed E-state index contributed by atoms with van der Waals surface area (Å²) in [6, 6.07) is 6.81. The van der Waals surface area contributed by atoms with Crippen LogP contribution in [0.4, 0.5) is 10.5 Å². The lowest BCUT2D eigenvalue weighted by Crippen LogP contribution is -2.44. The lowest BCUT2D eigenvalue weighted by Gasteiger charge is -2.27. The quantitative estimate of drug-likeness (QED) is 0.689. The van der Waals surface area contributed by atoms with Crippen molar-refractivity contribution in [1.82, 2.24) is 5.32 Å². The predicted octanol–water partition coefficient (Wildman–Crippen LogP) is 3.15. The van der Waals surface area contributed by atoms with Crippen LogP contribution in [-0.4, -0.2) is 30.4 Å². The number of aliphatic hydroxyl groups is 1. The fraction of sp³-hybridized carbons (Fsp3) is 0.562. The van der Waals surface area contributed by atoms with Gasteiger partial charge in [-0.05, 0) is 25.0 Å². The van der Waals surface area contributed by atoms with Crippen LogP contribution in [-0.2, 0) is 0 Å². The Labute approximate surface area is 126 Å². The van der Waals surface area contributed by atoms with Crippen LogP contribution in [0.25, 0.3) is 0 Å². The van der Waals surface area contributed by atoms with E-state index in [1.165, 1.54) is 0 Å².